The Morgan fingerprint density at radius 3 is 2.50 bits per heavy atom. The smallest absolute Gasteiger partial charge is 0.251 e. The molecule has 0 fully saturated rings. The molecule has 0 bridgehead atoms. The van der Waals surface area contributed by atoms with Gasteiger partial charge in [-0.15, -0.1) is 0 Å². The number of carbonyl (C=O) groups is 2. The Hall–Kier alpha value is -2.04. The molecule has 110 valence electrons. The van der Waals surface area contributed by atoms with E-state index in [2.05, 4.69) is 16.0 Å². The van der Waals surface area contributed by atoms with E-state index in [1.165, 1.54) is 0 Å². The van der Waals surface area contributed by atoms with Gasteiger partial charge in [-0.05, 0) is 44.0 Å². The molecule has 20 heavy (non-hydrogen) atoms. The summed E-state index contributed by atoms with van der Waals surface area (Å²) < 4.78 is 0. The van der Waals surface area contributed by atoms with Crippen LogP contribution in [-0.2, 0) is 4.79 Å². The lowest BCUT2D eigenvalue weighted by atomic mass is 10.1. The van der Waals surface area contributed by atoms with Gasteiger partial charge in [0.05, 0.1) is 6.54 Å². The fraction of sp³-hybridized carbons (Fsp3) is 0.467. The Labute approximate surface area is 120 Å². The molecule has 0 atom stereocenters. The highest BCUT2D eigenvalue weighted by Gasteiger charge is 2.10. The lowest BCUT2D eigenvalue weighted by Crippen LogP contribution is -2.37. The van der Waals surface area contributed by atoms with Crippen LogP contribution >= 0.6 is 0 Å². The third-order valence-electron chi connectivity index (χ3n) is 2.83. The topological polar surface area (TPSA) is 70.2 Å². The predicted octanol–water partition coefficient (Wildman–Crippen LogP) is 1.68. The number of aryl methyl sites for hydroxylation is 1. The van der Waals surface area contributed by atoms with Crippen LogP contribution < -0.4 is 16.0 Å². The number of hydrogen-bond acceptors (Lipinski definition) is 3. The predicted molar refractivity (Wildman–Crippen MR) is 81.0 cm³/mol. The molecule has 1 aromatic carbocycles. The minimum absolute atomic E-state index is 0.00718. The van der Waals surface area contributed by atoms with Crippen LogP contribution in [0.25, 0.3) is 0 Å². The summed E-state index contributed by atoms with van der Waals surface area (Å²) in [5, 5.41) is 8.54. The van der Waals surface area contributed by atoms with E-state index < -0.39 is 0 Å². The van der Waals surface area contributed by atoms with Gasteiger partial charge in [-0.3, -0.25) is 9.59 Å². The maximum Gasteiger partial charge on any atom is 0.251 e. The number of nitrogens with one attached hydrogen (secondary N) is 3. The van der Waals surface area contributed by atoms with Gasteiger partial charge in [0, 0.05) is 24.3 Å². The van der Waals surface area contributed by atoms with Gasteiger partial charge in [-0.25, -0.2) is 0 Å². The summed E-state index contributed by atoms with van der Waals surface area (Å²) in [6.07, 6.45) is 0.880. The average Bonchev–Trinajstić information content (AvgIpc) is 2.43. The lowest BCUT2D eigenvalue weighted by molar-refractivity contribution is -0.120. The maximum atomic E-state index is 12.0. The van der Waals surface area contributed by atoms with E-state index in [4.69, 9.17) is 0 Å². The molecule has 0 saturated carbocycles. The van der Waals surface area contributed by atoms with Crippen LogP contribution in [0.2, 0.25) is 0 Å². The van der Waals surface area contributed by atoms with Crippen molar-refractivity contribution < 1.29 is 9.59 Å². The molecule has 3 N–H and O–H groups in total. The van der Waals surface area contributed by atoms with Gasteiger partial charge in [0.25, 0.3) is 5.91 Å². The van der Waals surface area contributed by atoms with E-state index in [0.717, 1.165) is 24.2 Å². The number of anilines is 1. The molecule has 5 heteroatoms. The highest BCUT2D eigenvalue weighted by atomic mass is 16.2. The van der Waals surface area contributed by atoms with Gasteiger partial charge in [0.2, 0.25) is 5.91 Å². The molecule has 0 spiro atoms. The van der Waals surface area contributed by atoms with Gasteiger partial charge in [0.15, 0.2) is 0 Å². The van der Waals surface area contributed by atoms with Crippen molar-refractivity contribution in [2.45, 2.75) is 27.2 Å². The Kier molecular flexibility index (Phi) is 6.56. The standard InChI is InChI=1S/C15H23N3O2/c1-4-8-17-14(19)10-18-15(20)13-7-6-12(16-5-2)9-11(13)3/h6-7,9,16H,4-5,8,10H2,1-3H3,(H,17,19)(H,18,20). The zero-order chi connectivity index (χ0) is 15.0. The SMILES string of the molecule is CCCNC(=O)CNC(=O)c1ccc(NCC)cc1C. The number of hydrogen-bond donors (Lipinski definition) is 3. The van der Waals surface area contributed by atoms with Crippen LogP contribution in [0.1, 0.15) is 36.2 Å². The highest BCUT2D eigenvalue weighted by molar-refractivity contribution is 5.98. The molecular formula is C15H23N3O2. The van der Waals surface area contributed by atoms with E-state index in [9.17, 15) is 9.59 Å². The van der Waals surface area contributed by atoms with E-state index in [-0.39, 0.29) is 18.4 Å². The molecule has 0 aliphatic heterocycles. The third kappa shape index (κ3) is 4.91. The fourth-order valence-electron chi connectivity index (χ4n) is 1.82. The second-order valence-corrected chi connectivity index (χ2v) is 4.59. The van der Waals surface area contributed by atoms with Crippen molar-refractivity contribution in [2.75, 3.05) is 25.0 Å². The Morgan fingerprint density at radius 1 is 1.15 bits per heavy atom. The second-order valence-electron chi connectivity index (χ2n) is 4.59. The lowest BCUT2D eigenvalue weighted by Gasteiger charge is -2.10. The molecule has 1 rings (SSSR count). The molecule has 5 nitrogen and oxygen atoms in total. The molecule has 1 aromatic rings. The van der Waals surface area contributed by atoms with Crippen LogP contribution in [0.3, 0.4) is 0 Å². The first-order valence-corrected chi connectivity index (χ1v) is 6.97. The third-order valence-corrected chi connectivity index (χ3v) is 2.83. The van der Waals surface area contributed by atoms with Crippen LogP contribution in [0.15, 0.2) is 18.2 Å². The molecule has 0 heterocycles. The maximum absolute atomic E-state index is 12.0. The van der Waals surface area contributed by atoms with E-state index in [0.29, 0.717) is 12.1 Å². The first-order valence-electron chi connectivity index (χ1n) is 6.97. The minimum atomic E-state index is -0.225. The van der Waals surface area contributed by atoms with Crippen LogP contribution in [0.5, 0.6) is 0 Å². The van der Waals surface area contributed by atoms with Gasteiger partial charge >= 0.3 is 0 Å². The second kappa shape index (κ2) is 8.19. The first-order chi connectivity index (χ1) is 9.58. The van der Waals surface area contributed by atoms with Crippen molar-refractivity contribution in [1.29, 1.82) is 0 Å². The summed E-state index contributed by atoms with van der Waals surface area (Å²) >= 11 is 0. The summed E-state index contributed by atoms with van der Waals surface area (Å²) in [5.41, 5.74) is 2.46. The summed E-state index contributed by atoms with van der Waals surface area (Å²) in [6.45, 7) is 7.35. The van der Waals surface area contributed by atoms with Crippen molar-refractivity contribution >= 4 is 17.5 Å². The number of carbonyl (C=O) groups excluding carboxylic acids is 2. The average molecular weight is 277 g/mol. The highest BCUT2D eigenvalue weighted by Crippen LogP contribution is 2.14. The van der Waals surface area contributed by atoms with E-state index >= 15 is 0 Å². The number of amides is 2. The number of benzene rings is 1. The fourth-order valence-corrected chi connectivity index (χ4v) is 1.82. The first kappa shape index (κ1) is 16.0. The normalized spacial score (nSPS) is 9.95. The molecule has 2 amide bonds. The summed E-state index contributed by atoms with van der Waals surface area (Å²) in [5.74, 6) is -0.390. The van der Waals surface area contributed by atoms with Gasteiger partial charge in [-0.2, -0.15) is 0 Å². The van der Waals surface area contributed by atoms with E-state index in [1.807, 2.05) is 32.9 Å². The largest absolute Gasteiger partial charge is 0.385 e. The molecule has 0 aromatic heterocycles. The van der Waals surface area contributed by atoms with Gasteiger partial charge < -0.3 is 16.0 Å². The van der Waals surface area contributed by atoms with Gasteiger partial charge in [0.1, 0.15) is 0 Å². The summed E-state index contributed by atoms with van der Waals surface area (Å²) in [7, 11) is 0. The van der Waals surface area contributed by atoms with Crippen LogP contribution in [-0.4, -0.2) is 31.4 Å². The quantitative estimate of drug-likeness (QED) is 0.710. The van der Waals surface area contributed by atoms with Crippen molar-refractivity contribution in [3.8, 4) is 0 Å². The Morgan fingerprint density at radius 2 is 1.90 bits per heavy atom. The van der Waals surface area contributed by atoms with Crippen molar-refractivity contribution in [1.82, 2.24) is 10.6 Å². The summed E-state index contributed by atoms with van der Waals surface area (Å²) in [4.78, 5) is 23.4. The molecule has 0 aliphatic rings. The zero-order valence-corrected chi connectivity index (χ0v) is 12.4. The molecule has 0 unspecified atom stereocenters. The molecule has 0 saturated heterocycles. The van der Waals surface area contributed by atoms with Crippen LogP contribution in [0, 0.1) is 6.92 Å². The minimum Gasteiger partial charge on any atom is -0.385 e. The van der Waals surface area contributed by atoms with Crippen molar-refractivity contribution in [2.24, 2.45) is 0 Å². The molecule has 0 radical (unpaired) electrons. The van der Waals surface area contributed by atoms with Crippen LogP contribution in [0.4, 0.5) is 5.69 Å². The van der Waals surface area contributed by atoms with Crippen molar-refractivity contribution in [3.05, 3.63) is 29.3 Å². The summed E-state index contributed by atoms with van der Waals surface area (Å²) in [6, 6.07) is 5.56. The van der Waals surface area contributed by atoms with Gasteiger partial charge in [-0.1, -0.05) is 6.92 Å². The Bertz CT molecular complexity index is 472. The molecule has 0 aliphatic carbocycles. The monoisotopic (exact) mass is 277 g/mol. The zero-order valence-electron chi connectivity index (χ0n) is 12.4. The number of rotatable bonds is 7. The molecular weight excluding hydrogens is 254 g/mol. The van der Waals surface area contributed by atoms with Crippen molar-refractivity contribution in [3.63, 3.8) is 0 Å². The Balaban J connectivity index is 2.57. The van der Waals surface area contributed by atoms with E-state index in [1.54, 1.807) is 6.07 Å².